The normalized spacial score (nSPS) is 15.3. The van der Waals surface area contributed by atoms with E-state index in [0.29, 0.717) is 5.56 Å². The smallest absolute Gasteiger partial charge is 0.282 e. The molecule has 1 aromatic carbocycles. The van der Waals surface area contributed by atoms with Gasteiger partial charge in [-0.1, -0.05) is 42.1 Å². The minimum atomic E-state index is -6.14. The molecule has 2 atom stereocenters. The van der Waals surface area contributed by atoms with Crippen molar-refractivity contribution in [2.24, 2.45) is 0 Å². The number of benzene rings is 1. The number of hydrogen-bond acceptors (Lipinski definition) is 2. The first-order chi connectivity index (χ1) is 10.6. The molecule has 0 spiro atoms. The zero-order valence-corrected chi connectivity index (χ0v) is 12.4. The zero-order chi connectivity index (χ0) is 17.7. The van der Waals surface area contributed by atoms with Gasteiger partial charge in [-0.05, 0) is 12.8 Å². The van der Waals surface area contributed by atoms with Crippen molar-refractivity contribution >= 4 is 16.9 Å². The van der Waals surface area contributed by atoms with Crippen molar-refractivity contribution in [2.45, 2.75) is 37.3 Å². The van der Waals surface area contributed by atoms with Gasteiger partial charge in [0, 0.05) is 11.3 Å². The van der Waals surface area contributed by atoms with Crippen LogP contribution in [0, 0.1) is 0 Å². The van der Waals surface area contributed by atoms with Gasteiger partial charge in [0.1, 0.15) is 6.17 Å². The Morgan fingerprint density at radius 2 is 1.61 bits per heavy atom. The molecule has 0 fully saturated rings. The maximum absolute atomic E-state index is 13.2. The summed E-state index contributed by atoms with van der Waals surface area (Å²) in [4.78, 5) is 11.6. The Bertz CT molecular complexity index is 504. The molecular weight excluding hydrogens is 349 g/mol. The largest absolute Gasteiger partial charge is 0.456 e. The Labute approximate surface area is 132 Å². The van der Waals surface area contributed by atoms with Gasteiger partial charge in [0.15, 0.2) is 0 Å². The summed E-state index contributed by atoms with van der Waals surface area (Å²) in [6.07, 6.45) is -14.1. The first-order valence-electron chi connectivity index (χ1n) is 6.52. The van der Waals surface area contributed by atoms with E-state index in [0.717, 1.165) is 11.8 Å². The van der Waals surface area contributed by atoms with E-state index in [1.807, 2.05) is 0 Å². The second-order valence-corrected chi connectivity index (χ2v) is 5.75. The van der Waals surface area contributed by atoms with E-state index in [4.69, 9.17) is 0 Å². The lowest BCUT2D eigenvalue weighted by molar-refractivity contribution is -0.309. The lowest BCUT2D eigenvalue weighted by atomic mass is 10.1. The molecule has 1 aromatic rings. The maximum atomic E-state index is 13.2. The van der Waals surface area contributed by atoms with E-state index in [9.17, 15) is 35.5 Å². The van der Waals surface area contributed by atoms with Crippen LogP contribution in [0.25, 0.3) is 0 Å². The molecule has 0 aliphatic rings. The molecule has 0 saturated carbocycles. The van der Waals surface area contributed by atoms with Crippen LogP contribution >= 0.6 is 11.8 Å². The highest BCUT2D eigenvalue weighted by Gasteiger charge is 2.65. The zero-order valence-electron chi connectivity index (χ0n) is 11.6. The fraction of sp³-hybridized carbons (Fsp3) is 0.500. The number of halogens is 7. The summed E-state index contributed by atoms with van der Waals surface area (Å²) in [6, 6.07) is 8.01. The number of hydrogen-bond donors (Lipinski definition) is 0. The molecule has 0 bridgehead atoms. The van der Waals surface area contributed by atoms with Crippen LogP contribution in [0.2, 0.25) is 0 Å². The second kappa shape index (κ2) is 8.03. The van der Waals surface area contributed by atoms with Crippen molar-refractivity contribution in [3.05, 3.63) is 35.9 Å². The highest BCUT2D eigenvalue weighted by atomic mass is 32.2. The number of thioether (sulfide) groups is 1. The molecule has 0 N–H and O–H groups in total. The van der Waals surface area contributed by atoms with Crippen LogP contribution in [0.15, 0.2) is 30.3 Å². The van der Waals surface area contributed by atoms with Gasteiger partial charge < -0.3 is 0 Å². The average molecular weight is 362 g/mol. The third kappa shape index (κ3) is 5.40. The molecule has 2 unspecified atom stereocenters. The summed E-state index contributed by atoms with van der Waals surface area (Å²) in [6.45, 7) is 0. The summed E-state index contributed by atoms with van der Waals surface area (Å²) in [7, 11) is 0. The minimum Gasteiger partial charge on any atom is -0.282 e. The number of carbonyl (C=O) groups excluding carboxylic acids is 1. The molecule has 1 nitrogen and oxygen atoms in total. The Hall–Kier alpha value is -1.25. The standard InChI is InChI=1S/C14H13F7OS/c15-10(11(16)13(17,18)14(19,20)21)7-4-8-23-12(22)9-5-2-1-3-6-9/h1-3,5-6,10-11H,4,7-8H2. The van der Waals surface area contributed by atoms with Crippen LogP contribution in [-0.2, 0) is 0 Å². The predicted molar refractivity (Wildman–Crippen MR) is 73.3 cm³/mol. The topological polar surface area (TPSA) is 17.1 Å². The van der Waals surface area contributed by atoms with Gasteiger partial charge in [0.05, 0.1) is 0 Å². The van der Waals surface area contributed by atoms with Crippen LogP contribution in [0.3, 0.4) is 0 Å². The van der Waals surface area contributed by atoms with Crippen LogP contribution in [0.4, 0.5) is 30.7 Å². The van der Waals surface area contributed by atoms with E-state index in [1.165, 1.54) is 12.1 Å². The van der Waals surface area contributed by atoms with E-state index in [1.54, 1.807) is 18.2 Å². The molecule has 0 radical (unpaired) electrons. The molecule has 0 heterocycles. The summed E-state index contributed by atoms with van der Waals surface area (Å²) in [5, 5.41) is -0.349. The van der Waals surface area contributed by atoms with Gasteiger partial charge in [-0.2, -0.15) is 22.0 Å². The third-order valence-corrected chi connectivity index (χ3v) is 3.90. The Kier molecular flexibility index (Phi) is 6.91. The van der Waals surface area contributed by atoms with Crippen LogP contribution in [-0.4, -0.2) is 35.3 Å². The maximum Gasteiger partial charge on any atom is 0.456 e. The fourth-order valence-electron chi connectivity index (χ4n) is 1.63. The van der Waals surface area contributed by atoms with Gasteiger partial charge in [0.25, 0.3) is 0 Å². The SMILES string of the molecule is O=C(SCCCC(F)C(F)C(F)(F)C(F)(F)F)c1ccccc1. The summed E-state index contributed by atoms with van der Waals surface area (Å²) >= 11 is 0.759. The molecule has 0 saturated heterocycles. The lowest BCUT2D eigenvalue weighted by Gasteiger charge is -2.25. The van der Waals surface area contributed by atoms with Gasteiger partial charge in [-0.3, -0.25) is 4.79 Å². The third-order valence-electron chi connectivity index (χ3n) is 2.91. The van der Waals surface area contributed by atoms with E-state index < -0.39 is 30.9 Å². The molecule has 0 aromatic heterocycles. The van der Waals surface area contributed by atoms with Crippen molar-refractivity contribution in [1.29, 1.82) is 0 Å². The van der Waals surface area contributed by atoms with Gasteiger partial charge in [0.2, 0.25) is 11.3 Å². The van der Waals surface area contributed by atoms with E-state index in [2.05, 4.69) is 0 Å². The van der Waals surface area contributed by atoms with Crippen molar-refractivity contribution in [1.82, 2.24) is 0 Å². The lowest BCUT2D eigenvalue weighted by Crippen LogP contribution is -2.49. The van der Waals surface area contributed by atoms with Crippen LogP contribution < -0.4 is 0 Å². The first kappa shape index (κ1) is 19.8. The Morgan fingerprint density at radius 3 is 2.13 bits per heavy atom. The molecule has 23 heavy (non-hydrogen) atoms. The van der Waals surface area contributed by atoms with Gasteiger partial charge in [-0.15, -0.1) is 0 Å². The molecule has 0 aliphatic heterocycles. The fourth-order valence-corrected chi connectivity index (χ4v) is 2.43. The van der Waals surface area contributed by atoms with E-state index >= 15 is 0 Å². The molecule has 0 aliphatic carbocycles. The van der Waals surface area contributed by atoms with Crippen molar-refractivity contribution in [2.75, 3.05) is 5.75 Å². The number of carbonyl (C=O) groups is 1. The second-order valence-electron chi connectivity index (χ2n) is 4.68. The van der Waals surface area contributed by atoms with Crippen LogP contribution in [0.5, 0.6) is 0 Å². The minimum absolute atomic E-state index is 0.0154. The quantitative estimate of drug-likeness (QED) is 0.489. The molecular formula is C14H13F7OS. The molecule has 9 heteroatoms. The number of rotatable bonds is 7. The molecule has 0 amide bonds. The first-order valence-corrected chi connectivity index (χ1v) is 7.50. The van der Waals surface area contributed by atoms with Gasteiger partial charge in [-0.25, -0.2) is 8.78 Å². The highest BCUT2D eigenvalue weighted by Crippen LogP contribution is 2.41. The van der Waals surface area contributed by atoms with Crippen molar-refractivity contribution < 1.29 is 35.5 Å². The molecule has 1 rings (SSSR count). The highest BCUT2D eigenvalue weighted by molar-refractivity contribution is 8.14. The molecule has 130 valence electrons. The summed E-state index contributed by atoms with van der Waals surface area (Å²) < 4.78 is 87.3. The number of alkyl halides is 7. The summed E-state index contributed by atoms with van der Waals surface area (Å²) in [5.74, 6) is -5.75. The Balaban J connectivity index is 2.40. The van der Waals surface area contributed by atoms with Crippen molar-refractivity contribution in [3.63, 3.8) is 0 Å². The predicted octanol–water partition coefficient (Wildman–Crippen LogP) is 5.21. The van der Waals surface area contributed by atoms with E-state index in [-0.39, 0.29) is 17.3 Å². The van der Waals surface area contributed by atoms with Crippen molar-refractivity contribution in [3.8, 4) is 0 Å². The van der Waals surface area contributed by atoms with Gasteiger partial charge >= 0.3 is 12.1 Å². The monoisotopic (exact) mass is 362 g/mol. The van der Waals surface area contributed by atoms with Crippen LogP contribution in [0.1, 0.15) is 23.2 Å². The Morgan fingerprint density at radius 1 is 1.04 bits per heavy atom. The summed E-state index contributed by atoms with van der Waals surface area (Å²) in [5.41, 5.74) is 0.376. The average Bonchev–Trinajstić information content (AvgIpc) is 2.50.